The monoisotopic (exact) mass is 362 g/mol. The standard InChI is InChI=1S/C16H19BN2O7/c18-11(6-20)15(21)19-4-7(5-19)25-12-2-1-8-9-3-10(9)17(24)26-14(8)13(12)16(22)23/h1-2,7,9-11,20,24H,3-6,18H2,(H,22,23)/t9?,10-,11+/m1/s1. The Bertz CT molecular complexity index is 767. The van der Waals surface area contributed by atoms with E-state index in [-0.39, 0.29) is 53.9 Å². The molecule has 10 heteroatoms. The Balaban J connectivity index is 1.51. The van der Waals surface area contributed by atoms with E-state index in [1.807, 2.05) is 0 Å². The number of benzene rings is 1. The molecule has 0 bridgehead atoms. The second-order valence-electron chi connectivity index (χ2n) is 6.95. The van der Waals surface area contributed by atoms with Crippen LogP contribution in [0.25, 0.3) is 0 Å². The minimum absolute atomic E-state index is 0.0258. The van der Waals surface area contributed by atoms with Crippen LogP contribution in [0.4, 0.5) is 0 Å². The van der Waals surface area contributed by atoms with Crippen LogP contribution in [0.2, 0.25) is 5.82 Å². The first kappa shape index (κ1) is 17.1. The van der Waals surface area contributed by atoms with E-state index in [0.717, 1.165) is 12.0 Å². The number of aliphatic hydroxyl groups excluding tert-OH is 1. The van der Waals surface area contributed by atoms with Gasteiger partial charge in [-0.3, -0.25) is 4.79 Å². The molecule has 5 N–H and O–H groups in total. The first-order valence-corrected chi connectivity index (χ1v) is 8.47. The van der Waals surface area contributed by atoms with Crippen LogP contribution in [-0.4, -0.2) is 71.0 Å². The highest BCUT2D eigenvalue weighted by molar-refractivity contribution is 6.48. The number of fused-ring (bicyclic) bond motifs is 3. The number of aromatic carboxylic acids is 1. The van der Waals surface area contributed by atoms with Crippen LogP contribution in [0.5, 0.6) is 11.5 Å². The van der Waals surface area contributed by atoms with E-state index in [9.17, 15) is 19.7 Å². The summed E-state index contributed by atoms with van der Waals surface area (Å²) < 4.78 is 11.2. The van der Waals surface area contributed by atoms with Gasteiger partial charge in [-0.15, -0.1) is 0 Å². The lowest BCUT2D eigenvalue weighted by Crippen LogP contribution is -2.60. The van der Waals surface area contributed by atoms with Crippen molar-refractivity contribution in [3.8, 4) is 11.5 Å². The van der Waals surface area contributed by atoms with E-state index in [0.29, 0.717) is 0 Å². The highest BCUT2D eigenvalue weighted by atomic mass is 16.5. The minimum Gasteiger partial charge on any atom is -0.535 e. The topological polar surface area (TPSA) is 143 Å². The van der Waals surface area contributed by atoms with Gasteiger partial charge in [-0.25, -0.2) is 4.79 Å². The summed E-state index contributed by atoms with van der Waals surface area (Å²) in [7, 11) is -1.00. The highest BCUT2D eigenvalue weighted by Gasteiger charge is 2.54. The lowest BCUT2D eigenvalue weighted by atomic mass is 9.77. The van der Waals surface area contributed by atoms with Gasteiger partial charge in [-0.2, -0.15) is 0 Å². The van der Waals surface area contributed by atoms with Gasteiger partial charge in [0.1, 0.15) is 29.2 Å². The number of aliphatic hydroxyl groups is 1. The molecule has 1 saturated heterocycles. The van der Waals surface area contributed by atoms with Gasteiger partial charge in [0.15, 0.2) is 0 Å². The Labute approximate surface area is 149 Å². The Hall–Kier alpha value is -2.30. The maximum atomic E-state index is 11.8. The molecular weight excluding hydrogens is 343 g/mol. The predicted molar refractivity (Wildman–Crippen MR) is 89.2 cm³/mol. The van der Waals surface area contributed by atoms with E-state index in [1.165, 1.54) is 4.90 Å². The van der Waals surface area contributed by atoms with Crippen molar-refractivity contribution in [3.63, 3.8) is 0 Å². The fourth-order valence-corrected chi connectivity index (χ4v) is 3.58. The van der Waals surface area contributed by atoms with E-state index >= 15 is 0 Å². The van der Waals surface area contributed by atoms with Gasteiger partial charge < -0.3 is 35.3 Å². The molecule has 1 aliphatic carbocycles. The number of amides is 1. The van der Waals surface area contributed by atoms with Crippen LogP contribution < -0.4 is 15.1 Å². The van der Waals surface area contributed by atoms with Gasteiger partial charge in [0.2, 0.25) is 5.91 Å². The predicted octanol–water partition coefficient (Wildman–Crippen LogP) is -0.976. The normalized spacial score (nSPS) is 24.7. The van der Waals surface area contributed by atoms with Crippen LogP contribution in [0.3, 0.4) is 0 Å². The molecule has 1 aromatic carbocycles. The zero-order valence-electron chi connectivity index (χ0n) is 13.9. The molecule has 1 unspecified atom stereocenters. The summed E-state index contributed by atoms with van der Waals surface area (Å²) in [5, 5.41) is 28.5. The van der Waals surface area contributed by atoms with Gasteiger partial charge in [0.25, 0.3) is 0 Å². The van der Waals surface area contributed by atoms with Crippen molar-refractivity contribution in [2.45, 2.75) is 30.3 Å². The first-order chi connectivity index (χ1) is 12.4. The number of likely N-dealkylation sites (tertiary alicyclic amines) is 1. The summed E-state index contributed by atoms with van der Waals surface area (Å²) in [5.74, 6) is -1.11. The molecule has 1 amide bonds. The summed E-state index contributed by atoms with van der Waals surface area (Å²) in [6.45, 7) is 0.0877. The summed E-state index contributed by atoms with van der Waals surface area (Å²) in [5.41, 5.74) is 6.17. The van der Waals surface area contributed by atoms with Crippen molar-refractivity contribution in [1.29, 1.82) is 0 Å². The van der Waals surface area contributed by atoms with Gasteiger partial charge in [0.05, 0.1) is 19.7 Å². The van der Waals surface area contributed by atoms with Gasteiger partial charge in [0, 0.05) is 5.82 Å². The van der Waals surface area contributed by atoms with Crippen LogP contribution in [0.15, 0.2) is 12.1 Å². The van der Waals surface area contributed by atoms with Gasteiger partial charge in [-0.05, 0) is 24.0 Å². The molecule has 1 aromatic rings. The maximum absolute atomic E-state index is 11.8. The third-order valence-corrected chi connectivity index (χ3v) is 5.18. The lowest BCUT2D eigenvalue weighted by molar-refractivity contribution is -0.142. The van der Waals surface area contributed by atoms with E-state index in [2.05, 4.69) is 0 Å². The molecule has 26 heavy (non-hydrogen) atoms. The molecule has 0 aromatic heterocycles. The van der Waals surface area contributed by atoms with Crippen molar-refractivity contribution in [2.75, 3.05) is 19.7 Å². The quantitative estimate of drug-likeness (QED) is 0.490. The number of ether oxygens (including phenoxy) is 1. The van der Waals surface area contributed by atoms with Crippen molar-refractivity contribution >= 4 is 19.0 Å². The van der Waals surface area contributed by atoms with Gasteiger partial charge >= 0.3 is 13.1 Å². The summed E-state index contributed by atoms with van der Waals surface area (Å²) in [4.78, 5) is 25.0. The van der Waals surface area contributed by atoms with Crippen molar-refractivity contribution in [1.82, 2.24) is 4.90 Å². The number of hydrogen-bond donors (Lipinski definition) is 4. The Morgan fingerprint density at radius 3 is 2.81 bits per heavy atom. The van der Waals surface area contributed by atoms with Crippen LogP contribution in [0, 0.1) is 0 Å². The zero-order chi connectivity index (χ0) is 18.6. The molecule has 2 aliphatic heterocycles. The first-order valence-electron chi connectivity index (χ1n) is 8.47. The van der Waals surface area contributed by atoms with Crippen LogP contribution in [0.1, 0.15) is 28.3 Å². The molecule has 138 valence electrons. The number of carbonyl (C=O) groups is 2. The molecule has 0 radical (unpaired) electrons. The number of rotatable bonds is 5. The SMILES string of the molecule is N[C@@H](CO)C(=O)N1CC(Oc2ccc3c(c2C(=O)O)OB(O)[C@@H]2CC32)C1. The molecule has 0 spiro atoms. The van der Waals surface area contributed by atoms with Crippen molar-refractivity contribution in [3.05, 3.63) is 23.3 Å². The number of hydrogen-bond acceptors (Lipinski definition) is 7. The second kappa shape index (κ2) is 6.15. The second-order valence-corrected chi connectivity index (χ2v) is 6.95. The number of carboxylic acid groups (broad SMARTS) is 1. The molecule has 9 nitrogen and oxygen atoms in total. The summed E-state index contributed by atoms with van der Waals surface area (Å²) in [6, 6.07) is 2.41. The third kappa shape index (κ3) is 2.70. The fraction of sp³-hybridized carbons (Fsp3) is 0.500. The van der Waals surface area contributed by atoms with Crippen molar-refractivity contribution < 1.29 is 34.2 Å². The molecule has 3 aliphatic rings. The summed E-state index contributed by atoms with van der Waals surface area (Å²) in [6.07, 6.45) is 0.404. The average Bonchev–Trinajstić information content (AvgIpc) is 3.37. The van der Waals surface area contributed by atoms with E-state index in [1.54, 1.807) is 12.1 Å². The molecule has 2 fully saturated rings. The number of carbonyl (C=O) groups excluding carboxylic acids is 1. The number of carboxylic acids is 1. The van der Waals surface area contributed by atoms with E-state index < -0.39 is 25.7 Å². The Morgan fingerprint density at radius 1 is 1.42 bits per heavy atom. The number of nitrogens with two attached hydrogens (primary N) is 1. The highest BCUT2D eigenvalue weighted by Crippen LogP contribution is 2.60. The molecule has 1 saturated carbocycles. The van der Waals surface area contributed by atoms with Crippen LogP contribution >= 0.6 is 0 Å². The lowest BCUT2D eigenvalue weighted by Gasteiger charge is -2.40. The van der Waals surface area contributed by atoms with Gasteiger partial charge in [-0.1, -0.05) is 6.07 Å². The van der Waals surface area contributed by atoms with Crippen LogP contribution in [-0.2, 0) is 4.79 Å². The molecule has 2 heterocycles. The minimum atomic E-state index is -1.20. The van der Waals surface area contributed by atoms with Crippen molar-refractivity contribution in [2.24, 2.45) is 5.73 Å². The number of nitrogens with zero attached hydrogens (tertiary/aromatic N) is 1. The van der Waals surface area contributed by atoms with E-state index in [4.69, 9.17) is 20.2 Å². The molecule has 4 rings (SSSR count). The largest absolute Gasteiger partial charge is 0.535 e. The fourth-order valence-electron chi connectivity index (χ4n) is 3.58. The Kier molecular flexibility index (Phi) is 4.05. The smallest absolute Gasteiger partial charge is 0.526 e. The Morgan fingerprint density at radius 2 is 2.15 bits per heavy atom. The molecular formula is C16H19BN2O7. The summed E-state index contributed by atoms with van der Waals surface area (Å²) >= 11 is 0. The average molecular weight is 362 g/mol. The maximum Gasteiger partial charge on any atom is 0.526 e. The molecule has 3 atom stereocenters. The third-order valence-electron chi connectivity index (χ3n) is 5.18. The zero-order valence-corrected chi connectivity index (χ0v) is 13.9.